The van der Waals surface area contributed by atoms with Crippen molar-refractivity contribution in [3.8, 4) is 33.4 Å². The average molecular weight is 642 g/mol. The van der Waals surface area contributed by atoms with Crippen molar-refractivity contribution >= 4 is 29.1 Å². The molecule has 7 aromatic rings. The summed E-state index contributed by atoms with van der Waals surface area (Å²) in [6.07, 6.45) is 0.924. The molecule has 0 saturated heterocycles. The molecule has 0 unspecified atom stereocenters. The molecule has 0 N–H and O–H groups in total. The smallest absolute Gasteiger partial charge is 0.329 e. The zero-order chi connectivity index (χ0) is 34.0. The van der Waals surface area contributed by atoms with Crippen molar-refractivity contribution in [1.82, 2.24) is 0 Å². The van der Waals surface area contributed by atoms with E-state index in [2.05, 4.69) is 190 Å². The average Bonchev–Trinajstić information content (AvgIpc) is 3.15. The summed E-state index contributed by atoms with van der Waals surface area (Å²) in [6, 6.07) is 58.7. The van der Waals surface area contributed by atoms with Crippen molar-refractivity contribution < 1.29 is 0 Å². The molecule has 2 heterocycles. The minimum Gasteiger partial charge on any atom is -0.376 e. The van der Waals surface area contributed by atoms with Crippen LogP contribution in [0.3, 0.4) is 0 Å². The molecule has 9 rings (SSSR count). The first-order valence-electron chi connectivity index (χ1n) is 17.8. The summed E-state index contributed by atoms with van der Waals surface area (Å²) in [5.41, 5.74) is 21.1. The van der Waals surface area contributed by atoms with Crippen molar-refractivity contribution in [2.75, 3.05) is 4.81 Å². The second-order valence-corrected chi connectivity index (χ2v) is 14.7. The van der Waals surface area contributed by atoms with Crippen LogP contribution in [0.1, 0.15) is 47.2 Å². The largest absolute Gasteiger partial charge is 0.376 e. The summed E-state index contributed by atoms with van der Waals surface area (Å²) in [5, 5.41) is 0. The van der Waals surface area contributed by atoms with Gasteiger partial charge in [0.05, 0.1) is 0 Å². The van der Waals surface area contributed by atoms with E-state index < -0.39 is 0 Å². The van der Waals surface area contributed by atoms with Crippen LogP contribution in [0.2, 0.25) is 0 Å². The van der Waals surface area contributed by atoms with Crippen LogP contribution >= 0.6 is 0 Å². The molecule has 0 bridgehead atoms. The molecule has 7 aromatic carbocycles. The highest BCUT2D eigenvalue weighted by Crippen LogP contribution is 2.45. The molecule has 0 aliphatic carbocycles. The number of hydrogen-bond acceptors (Lipinski definition) is 1. The molecule has 0 amide bonds. The van der Waals surface area contributed by atoms with Crippen LogP contribution in [0.5, 0.6) is 0 Å². The van der Waals surface area contributed by atoms with Crippen LogP contribution in [-0.2, 0) is 11.8 Å². The van der Waals surface area contributed by atoms with E-state index in [1.807, 2.05) is 0 Å². The van der Waals surface area contributed by atoms with Crippen LogP contribution in [0.15, 0.2) is 158 Å². The van der Waals surface area contributed by atoms with Gasteiger partial charge in [0.25, 0.3) is 0 Å². The van der Waals surface area contributed by atoms with Gasteiger partial charge in [0.15, 0.2) is 0 Å². The molecule has 2 aliphatic rings. The van der Waals surface area contributed by atoms with Gasteiger partial charge < -0.3 is 4.81 Å². The Labute approximate surface area is 297 Å². The van der Waals surface area contributed by atoms with Crippen molar-refractivity contribution in [2.45, 2.75) is 39.5 Å². The van der Waals surface area contributed by atoms with E-state index >= 15 is 0 Å². The number of rotatable bonds is 5. The Balaban J connectivity index is 1.32. The molecule has 0 saturated carbocycles. The third kappa shape index (κ3) is 4.85. The lowest BCUT2D eigenvalue weighted by atomic mass is 9.40. The van der Waals surface area contributed by atoms with Crippen molar-refractivity contribution in [3.05, 3.63) is 191 Å². The number of anilines is 2. The van der Waals surface area contributed by atoms with Gasteiger partial charge in [-0.2, -0.15) is 0 Å². The van der Waals surface area contributed by atoms with Crippen LogP contribution < -0.4 is 15.7 Å². The first kappa shape index (κ1) is 30.5. The van der Waals surface area contributed by atoms with Gasteiger partial charge >= 0.3 is 6.85 Å². The van der Waals surface area contributed by atoms with E-state index in [0.717, 1.165) is 6.42 Å². The summed E-state index contributed by atoms with van der Waals surface area (Å²) in [6.45, 7) is 9.37. The summed E-state index contributed by atoms with van der Waals surface area (Å²) in [4.78, 5) is 2.64. The van der Waals surface area contributed by atoms with Gasteiger partial charge in [-0.3, -0.25) is 0 Å². The highest BCUT2D eigenvalue weighted by molar-refractivity contribution is 6.92. The fourth-order valence-electron chi connectivity index (χ4n) is 8.91. The number of aryl methyl sites for hydroxylation is 2. The van der Waals surface area contributed by atoms with E-state index in [0.29, 0.717) is 0 Å². The zero-order valence-electron chi connectivity index (χ0n) is 29.2. The third-order valence-corrected chi connectivity index (χ3v) is 11.2. The summed E-state index contributed by atoms with van der Waals surface area (Å²) < 4.78 is 0. The quantitative estimate of drug-likeness (QED) is 0.169. The van der Waals surface area contributed by atoms with Crippen LogP contribution in [0, 0.1) is 13.8 Å². The lowest BCUT2D eigenvalue weighted by Crippen LogP contribution is -2.62. The maximum Gasteiger partial charge on any atom is 0.329 e. The summed E-state index contributed by atoms with van der Waals surface area (Å²) >= 11 is 0. The topological polar surface area (TPSA) is 3.24 Å². The van der Waals surface area contributed by atoms with Gasteiger partial charge in [0.2, 0.25) is 0 Å². The fraction of sp³-hybridized carbons (Fsp3) is 0.125. The minimum atomic E-state index is -0.157. The Morgan fingerprint density at radius 3 is 1.92 bits per heavy atom. The molecule has 1 nitrogen and oxygen atoms in total. The first-order chi connectivity index (χ1) is 24.4. The van der Waals surface area contributed by atoms with Crippen molar-refractivity contribution in [2.24, 2.45) is 0 Å². The molecule has 2 aliphatic heterocycles. The molecule has 0 fully saturated rings. The van der Waals surface area contributed by atoms with Gasteiger partial charge in [0.1, 0.15) is 0 Å². The summed E-state index contributed by atoms with van der Waals surface area (Å²) in [5.74, 6) is 0. The molecule has 0 radical (unpaired) electrons. The van der Waals surface area contributed by atoms with Gasteiger partial charge in [-0.25, -0.2) is 0 Å². The van der Waals surface area contributed by atoms with Gasteiger partial charge in [-0.15, -0.1) is 0 Å². The Kier molecular flexibility index (Phi) is 7.18. The van der Waals surface area contributed by atoms with Crippen LogP contribution in [0.4, 0.5) is 11.4 Å². The van der Waals surface area contributed by atoms with Gasteiger partial charge in [-0.05, 0) is 111 Å². The molecular weight excluding hydrogens is 601 g/mol. The lowest BCUT2D eigenvalue weighted by Gasteiger charge is -2.44. The maximum atomic E-state index is 2.64. The monoisotopic (exact) mass is 641 g/mol. The van der Waals surface area contributed by atoms with Gasteiger partial charge in [-0.1, -0.05) is 153 Å². The van der Waals surface area contributed by atoms with Gasteiger partial charge in [0, 0.05) is 22.4 Å². The van der Waals surface area contributed by atoms with E-state index in [1.165, 1.54) is 89.1 Å². The lowest BCUT2D eigenvalue weighted by molar-refractivity contribution is 0.629. The highest BCUT2D eigenvalue weighted by atomic mass is 15.1. The third-order valence-electron chi connectivity index (χ3n) is 11.2. The van der Waals surface area contributed by atoms with Crippen LogP contribution in [-0.4, -0.2) is 6.85 Å². The summed E-state index contributed by atoms with van der Waals surface area (Å²) in [7, 11) is 0. The van der Waals surface area contributed by atoms with E-state index in [1.54, 1.807) is 0 Å². The molecular formula is C48H40BN. The normalized spacial score (nSPS) is 13.0. The fourth-order valence-corrected chi connectivity index (χ4v) is 8.91. The molecule has 240 valence electrons. The second-order valence-electron chi connectivity index (χ2n) is 14.7. The van der Waals surface area contributed by atoms with E-state index in [4.69, 9.17) is 0 Å². The molecule has 0 atom stereocenters. The maximum absolute atomic E-state index is 2.64. The SMILES string of the molecule is Cc1cc2c3c(c1)-c1cc(-c4ccccc4)ccc1N(c1cccc(-c4ccccc4)c1)B3c1cccc(C(C)(C)c3ccccc3C)c1C2. The number of fused-ring (bicyclic) bond motifs is 4. The molecule has 2 heteroatoms. The van der Waals surface area contributed by atoms with E-state index in [-0.39, 0.29) is 12.3 Å². The number of benzene rings is 7. The number of nitrogens with zero attached hydrogens (tertiary/aromatic N) is 1. The van der Waals surface area contributed by atoms with Crippen molar-refractivity contribution in [3.63, 3.8) is 0 Å². The Morgan fingerprint density at radius 2 is 1.18 bits per heavy atom. The molecule has 0 spiro atoms. The number of hydrogen-bond donors (Lipinski definition) is 0. The predicted molar refractivity (Wildman–Crippen MR) is 214 cm³/mol. The first-order valence-corrected chi connectivity index (χ1v) is 17.8. The Bertz CT molecular complexity index is 2410. The second kappa shape index (κ2) is 11.8. The Morgan fingerprint density at radius 1 is 0.540 bits per heavy atom. The van der Waals surface area contributed by atoms with Crippen LogP contribution in [0.25, 0.3) is 33.4 Å². The Hall–Kier alpha value is -5.60. The molecule has 0 aromatic heterocycles. The van der Waals surface area contributed by atoms with Crippen molar-refractivity contribution in [1.29, 1.82) is 0 Å². The zero-order valence-corrected chi connectivity index (χ0v) is 29.2. The van der Waals surface area contributed by atoms with E-state index in [9.17, 15) is 0 Å². The standard InChI is InChI=1S/C48H40BN/c1-32-27-38-31-42-44(48(3,4)43-22-12-11-15-33(43)2)23-14-24-45(42)49-47(38)41(28-32)40-30-37(35-18-9-6-10-19-35)25-26-46(40)50(49)39-21-13-20-36(29-39)34-16-7-5-8-17-34/h5-30H,31H2,1-4H3. The minimum absolute atomic E-state index is 0.0399. The predicted octanol–water partition coefficient (Wildman–Crippen LogP) is 10.8. The molecule has 50 heavy (non-hydrogen) atoms. The highest BCUT2D eigenvalue weighted by Gasteiger charge is 2.44.